The first-order valence-corrected chi connectivity index (χ1v) is 12.7. The van der Waals surface area contributed by atoms with E-state index in [0.717, 1.165) is 10.6 Å². The maximum Gasteiger partial charge on any atom is 0.439 e. The van der Waals surface area contributed by atoms with Gasteiger partial charge >= 0.3 is 18.0 Å². The van der Waals surface area contributed by atoms with Crippen LogP contribution in [-0.4, -0.2) is 54.6 Å². The van der Waals surface area contributed by atoms with Gasteiger partial charge in [0.1, 0.15) is 18.0 Å². The standard InChI is InChI=1S/C24H22ClF3N6O6/c1-10-8-33(21(37)30-20(10)36)17-7-15(16(9-35)39-17)34-18(11-2-3-11)19(31-32-34)23(24(26,27)28)13-6-12(25)4-5-14(13)29-22(38)40-23/h4-6,8,11,15-17,35H,2-3,7,9H2,1H3,(H,29,38)(H,30,36,37). The minimum Gasteiger partial charge on any atom is -0.421 e. The molecule has 12 nitrogen and oxygen atoms in total. The van der Waals surface area contributed by atoms with Crippen LogP contribution in [0.25, 0.3) is 0 Å². The number of halogens is 4. The number of nitrogens with zero attached hydrogens (tertiary/aromatic N) is 4. The zero-order valence-electron chi connectivity index (χ0n) is 20.7. The van der Waals surface area contributed by atoms with Crippen molar-refractivity contribution in [1.82, 2.24) is 24.5 Å². The summed E-state index contributed by atoms with van der Waals surface area (Å²) in [6.45, 7) is 0.958. The topological polar surface area (TPSA) is 153 Å². The van der Waals surface area contributed by atoms with Gasteiger partial charge in [0.15, 0.2) is 0 Å². The summed E-state index contributed by atoms with van der Waals surface area (Å²) in [6, 6.07) is 2.82. The SMILES string of the molecule is Cc1cn(C2CC(n3nnc(C4(C(F)(F)F)OC(=O)Nc5ccc(Cl)cc54)c3C3CC3)C(CO)O2)c(=O)[nH]c1=O. The van der Waals surface area contributed by atoms with Gasteiger partial charge in [-0.15, -0.1) is 5.10 Å². The number of ether oxygens (including phenoxy) is 2. The first-order chi connectivity index (χ1) is 18.9. The smallest absolute Gasteiger partial charge is 0.421 e. The van der Waals surface area contributed by atoms with Gasteiger partial charge in [0.2, 0.25) is 0 Å². The van der Waals surface area contributed by atoms with E-state index in [1.165, 1.54) is 29.9 Å². The van der Waals surface area contributed by atoms with Crippen LogP contribution in [-0.2, 0) is 15.1 Å². The van der Waals surface area contributed by atoms with Gasteiger partial charge < -0.3 is 14.6 Å². The third-order valence-electron chi connectivity index (χ3n) is 7.43. The van der Waals surface area contributed by atoms with Crippen molar-refractivity contribution in [2.45, 2.75) is 62.3 Å². The van der Waals surface area contributed by atoms with Crippen LogP contribution in [0.2, 0.25) is 5.02 Å². The number of fused-ring (bicyclic) bond motifs is 1. The van der Waals surface area contributed by atoms with Crippen molar-refractivity contribution in [2.75, 3.05) is 11.9 Å². The van der Waals surface area contributed by atoms with Crippen LogP contribution in [0.1, 0.15) is 60.0 Å². The fraction of sp³-hybridized carbons (Fsp3) is 0.458. The Labute approximate surface area is 227 Å². The number of hydrogen-bond donors (Lipinski definition) is 3. The number of amides is 1. The quantitative estimate of drug-likeness (QED) is 0.415. The maximum absolute atomic E-state index is 15.1. The molecule has 4 unspecified atom stereocenters. The zero-order chi connectivity index (χ0) is 28.6. The predicted molar refractivity (Wildman–Crippen MR) is 131 cm³/mol. The first kappa shape index (κ1) is 26.5. The van der Waals surface area contributed by atoms with Gasteiger partial charge in [0.05, 0.1) is 24.0 Å². The highest BCUT2D eigenvalue weighted by molar-refractivity contribution is 6.30. The number of aromatic nitrogens is 5. The number of benzene rings is 1. The third kappa shape index (κ3) is 4.02. The number of anilines is 1. The molecule has 2 aliphatic heterocycles. The lowest BCUT2D eigenvalue weighted by Crippen LogP contribution is -2.52. The number of rotatable bonds is 5. The molecule has 4 heterocycles. The van der Waals surface area contributed by atoms with Crippen molar-refractivity contribution >= 4 is 23.4 Å². The van der Waals surface area contributed by atoms with Gasteiger partial charge in [-0.05, 0) is 38.0 Å². The molecule has 1 amide bonds. The number of nitrogens with one attached hydrogen (secondary N) is 2. The molecule has 2 aromatic heterocycles. The number of cyclic esters (lactones) is 1. The van der Waals surface area contributed by atoms with E-state index in [1.54, 1.807) is 0 Å². The molecule has 4 atom stereocenters. The zero-order valence-corrected chi connectivity index (χ0v) is 21.5. The summed E-state index contributed by atoms with van der Waals surface area (Å²) in [4.78, 5) is 38.9. The van der Waals surface area contributed by atoms with E-state index in [2.05, 4.69) is 20.6 Å². The Kier molecular flexibility index (Phi) is 6.08. The summed E-state index contributed by atoms with van der Waals surface area (Å²) in [7, 11) is 0. The predicted octanol–water partition coefficient (Wildman–Crippen LogP) is 2.86. The van der Waals surface area contributed by atoms with Crippen LogP contribution in [0.15, 0.2) is 34.0 Å². The molecule has 1 aliphatic carbocycles. The molecule has 3 N–H and O–H groups in total. The van der Waals surface area contributed by atoms with Crippen molar-refractivity contribution in [3.05, 3.63) is 72.8 Å². The molecule has 1 saturated carbocycles. The van der Waals surface area contributed by atoms with Crippen LogP contribution >= 0.6 is 11.6 Å². The number of carbonyl (C=O) groups excluding carboxylic acids is 1. The van der Waals surface area contributed by atoms with Crippen LogP contribution in [0.5, 0.6) is 0 Å². The van der Waals surface area contributed by atoms with Crippen LogP contribution < -0.4 is 16.6 Å². The average Bonchev–Trinajstić information content (AvgIpc) is 3.48. The van der Waals surface area contributed by atoms with Crippen molar-refractivity contribution in [3.8, 4) is 0 Å². The van der Waals surface area contributed by atoms with Gasteiger partial charge in [0.25, 0.3) is 11.2 Å². The lowest BCUT2D eigenvalue weighted by Gasteiger charge is -2.38. The summed E-state index contributed by atoms with van der Waals surface area (Å²) in [5, 5.41) is 20.4. The second-order valence-electron chi connectivity index (χ2n) is 10.0. The molecular weight excluding hydrogens is 561 g/mol. The highest BCUT2D eigenvalue weighted by Crippen LogP contribution is 2.56. The minimum atomic E-state index is -5.17. The monoisotopic (exact) mass is 582 g/mol. The summed E-state index contributed by atoms with van der Waals surface area (Å²) >= 11 is 6.08. The number of aryl methyl sites for hydroxylation is 1. The Balaban J connectivity index is 1.50. The Morgan fingerprint density at radius 2 is 2.00 bits per heavy atom. The summed E-state index contributed by atoms with van der Waals surface area (Å²) in [5.74, 6) is -0.392. The Morgan fingerprint density at radius 1 is 1.25 bits per heavy atom. The number of aliphatic hydroxyl groups excluding tert-OH is 1. The van der Waals surface area contributed by atoms with Crippen LogP contribution in [0.3, 0.4) is 0 Å². The van der Waals surface area contributed by atoms with Gasteiger partial charge in [-0.3, -0.25) is 19.7 Å². The molecule has 16 heteroatoms. The van der Waals surface area contributed by atoms with Gasteiger partial charge in [-0.25, -0.2) is 14.3 Å². The third-order valence-corrected chi connectivity index (χ3v) is 7.66. The lowest BCUT2D eigenvalue weighted by atomic mass is 9.85. The number of aromatic amines is 1. The van der Waals surface area contributed by atoms with E-state index in [9.17, 15) is 19.5 Å². The largest absolute Gasteiger partial charge is 0.439 e. The fourth-order valence-electron chi connectivity index (χ4n) is 5.41. The van der Waals surface area contributed by atoms with Crippen molar-refractivity contribution in [3.63, 3.8) is 0 Å². The van der Waals surface area contributed by atoms with Crippen LogP contribution in [0, 0.1) is 6.92 Å². The van der Waals surface area contributed by atoms with Crippen molar-refractivity contribution in [2.24, 2.45) is 0 Å². The number of hydrogen-bond acceptors (Lipinski definition) is 8. The normalized spacial score (nSPS) is 26.4. The summed E-state index contributed by atoms with van der Waals surface area (Å²) in [6.07, 6.45) is -6.04. The molecule has 1 saturated heterocycles. The van der Waals surface area contributed by atoms with E-state index in [1.807, 2.05) is 0 Å². The van der Waals surface area contributed by atoms with Crippen molar-refractivity contribution < 1.29 is 32.5 Å². The Bertz CT molecular complexity index is 1630. The van der Waals surface area contributed by atoms with Gasteiger partial charge in [0, 0.05) is 34.7 Å². The molecule has 40 heavy (non-hydrogen) atoms. The second kappa shape index (κ2) is 9.17. The number of aliphatic hydroxyl groups is 1. The van der Waals surface area contributed by atoms with Crippen molar-refractivity contribution in [1.29, 1.82) is 0 Å². The molecule has 0 radical (unpaired) electrons. The molecule has 2 fully saturated rings. The highest BCUT2D eigenvalue weighted by Gasteiger charge is 2.67. The molecule has 212 valence electrons. The molecule has 3 aliphatic rings. The van der Waals surface area contributed by atoms with E-state index >= 15 is 13.2 Å². The molecule has 1 aromatic carbocycles. The van der Waals surface area contributed by atoms with E-state index in [-0.39, 0.29) is 28.4 Å². The van der Waals surface area contributed by atoms with E-state index in [4.69, 9.17) is 21.1 Å². The number of H-pyrrole nitrogens is 1. The lowest BCUT2D eigenvalue weighted by molar-refractivity contribution is -0.248. The minimum absolute atomic E-state index is 0.0125. The highest BCUT2D eigenvalue weighted by atomic mass is 35.5. The number of alkyl halides is 3. The molecule has 0 spiro atoms. The summed E-state index contributed by atoms with van der Waals surface area (Å²) < 4.78 is 58.7. The fourth-order valence-corrected chi connectivity index (χ4v) is 5.58. The maximum atomic E-state index is 15.1. The van der Waals surface area contributed by atoms with E-state index in [0.29, 0.717) is 12.8 Å². The first-order valence-electron chi connectivity index (χ1n) is 12.3. The van der Waals surface area contributed by atoms with Crippen LogP contribution in [0.4, 0.5) is 23.7 Å². The Hall–Kier alpha value is -3.69. The van der Waals surface area contributed by atoms with E-state index < -0.39 is 71.3 Å². The second-order valence-corrected chi connectivity index (χ2v) is 10.5. The van der Waals surface area contributed by atoms with Gasteiger partial charge in [-0.1, -0.05) is 16.8 Å². The Morgan fingerprint density at radius 3 is 2.67 bits per heavy atom. The van der Waals surface area contributed by atoms with Gasteiger partial charge in [-0.2, -0.15) is 13.2 Å². The number of carbonyl (C=O) groups is 1. The molecule has 3 aromatic rings. The molecule has 6 rings (SSSR count). The molecular formula is C24H22ClF3N6O6. The summed E-state index contributed by atoms with van der Waals surface area (Å²) in [5.41, 5.74) is -5.51. The average molecular weight is 583 g/mol. The molecule has 0 bridgehead atoms.